The van der Waals surface area contributed by atoms with Gasteiger partial charge in [-0.05, 0) is 12.1 Å². The number of ketones is 1. The first-order chi connectivity index (χ1) is 6.60. The topological polar surface area (TPSA) is 66.9 Å². The van der Waals surface area contributed by atoms with Gasteiger partial charge in [-0.25, -0.2) is 0 Å². The van der Waals surface area contributed by atoms with Crippen molar-refractivity contribution >= 4 is 34.7 Å². The molecule has 14 heavy (non-hydrogen) atoms. The molecule has 0 aliphatic heterocycles. The van der Waals surface area contributed by atoms with Crippen molar-refractivity contribution in [3.63, 3.8) is 0 Å². The number of hydrogen-bond donors (Lipinski definition) is 1. The smallest absolute Gasteiger partial charge is 0.179 e. The molecule has 0 unspecified atom stereocenters. The summed E-state index contributed by atoms with van der Waals surface area (Å²) in [5, 5.41) is 8.83. The van der Waals surface area contributed by atoms with Crippen molar-refractivity contribution in [2.24, 2.45) is 0 Å². The number of Topliss-reactive ketones (excluding diaryl/α,β-unsaturated/α-hetero) is 1. The quantitative estimate of drug-likeness (QED) is 0.480. The van der Waals surface area contributed by atoms with Gasteiger partial charge in [-0.1, -0.05) is 11.6 Å². The summed E-state index contributed by atoms with van der Waals surface area (Å²) in [5.74, 6) is -0.474. The molecule has 0 aromatic heterocycles. The number of carbonyl (C=O) groups excluding carboxylic acids is 1. The predicted molar refractivity (Wildman–Crippen MR) is 55.6 cm³/mol. The summed E-state index contributed by atoms with van der Waals surface area (Å²) in [4.78, 5) is 11.2. The average molecular weight is 229 g/mol. The lowest BCUT2D eigenvalue weighted by molar-refractivity contribution is 0.102. The normalized spacial score (nSPS) is 9.50. The molecule has 1 rings (SSSR count). The van der Waals surface area contributed by atoms with Crippen LogP contribution in [0.2, 0.25) is 5.02 Å². The molecule has 0 aliphatic carbocycles. The number of nitriles is 1. The Kier molecular flexibility index (Phi) is 3.34. The number of nitrogens with zero attached hydrogens (tertiary/aromatic N) is 1. The molecule has 0 heterocycles. The molecule has 5 heteroatoms. The Morgan fingerprint density at radius 1 is 1.57 bits per heavy atom. The first-order valence-corrected chi connectivity index (χ1v) is 4.59. The Labute approximate surface area is 91.0 Å². The lowest BCUT2D eigenvalue weighted by Crippen LogP contribution is -2.03. The van der Waals surface area contributed by atoms with Crippen LogP contribution in [-0.2, 0) is 0 Å². The second-order valence-corrected chi connectivity index (χ2v) is 3.26. The molecule has 2 N–H and O–H groups in total. The van der Waals surface area contributed by atoms with Gasteiger partial charge in [0.2, 0.25) is 0 Å². The van der Waals surface area contributed by atoms with Gasteiger partial charge in [-0.15, -0.1) is 11.6 Å². The Morgan fingerprint density at radius 3 is 2.71 bits per heavy atom. The van der Waals surface area contributed by atoms with E-state index in [-0.39, 0.29) is 33.5 Å². The van der Waals surface area contributed by atoms with Crippen molar-refractivity contribution in [2.45, 2.75) is 0 Å². The van der Waals surface area contributed by atoms with Gasteiger partial charge in [0.1, 0.15) is 6.07 Å². The van der Waals surface area contributed by atoms with Gasteiger partial charge >= 0.3 is 0 Å². The van der Waals surface area contributed by atoms with E-state index < -0.39 is 0 Å². The molecule has 0 spiro atoms. The van der Waals surface area contributed by atoms with Crippen LogP contribution in [0.1, 0.15) is 15.9 Å². The lowest BCUT2D eigenvalue weighted by Gasteiger charge is -2.03. The molecular weight excluding hydrogens is 223 g/mol. The Hall–Kier alpha value is -1.24. The predicted octanol–water partition coefficient (Wildman–Crippen LogP) is 2.22. The zero-order valence-corrected chi connectivity index (χ0v) is 8.56. The molecule has 0 amide bonds. The van der Waals surface area contributed by atoms with Crippen LogP contribution >= 0.6 is 23.2 Å². The van der Waals surface area contributed by atoms with Crippen LogP contribution in [0.3, 0.4) is 0 Å². The van der Waals surface area contributed by atoms with Crippen molar-refractivity contribution in [2.75, 3.05) is 11.6 Å². The third kappa shape index (κ3) is 1.98. The lowest BCUT2D eigenvalue weighted by atomic mass is 10.1. The molecule has 0 aliphatic rings. The average Bonchev–Trinajstić information content (AvgIpc) is 2.19. The molecular formula is C9H6Cl2N2O. The summed E-state index contributed by atoms with van der Waals surface area (Å²) in [6.07, 6.45) is 0. The number of carbonyl (C=O) groups is 1. The highest BCUT2D eigenvalue weighted by Crippen LogP contribution is 2.23. The fraction of sp³-hybridized carbons (Fsp3) is 0.111. The van der Waals surface area contributed by atoms with E-state index in [1.807, 2.05) is 6.07 Å². The van der Waals surface area contributed by atoms with Gasteiger partial charge in [0.05, 0.1) is 22.2 Å². The Bertz CT molecular complexity index is 424. The molecule has 0 atom stereocenters. The minimum Gasteiger partial charge on any atom is -0.398 e. The second-order valence-electron chi connectivity index (χ2n) is 2.59. The maximum absolute atomic E-state index is 11.2. The monoisotopic (exact) mass is 228 g/mol. The van der Waals surface area contributed by atoms with E-state index in [2.05, 4.69) is 0 Å². The van der Waals surface area contributed by atoms with Crippen LogP contribution < -0.4 is 5.73 Å². The highest BCUT2D eigenvalue weighted by Gasteiger charge is 2.12. The number of nitrogens with two attached hydrogens (primary N) is 1. The highest BCUT2D eigenvalue weighted by molar-refractivity contribution is 6.37. The first-order valence-electron chi connectivity index (χ1n) is 3.68. The van der Waals surface area contributed by atoms with Crippen LogP contribution in [0.15, 0.2) is 12.1 Å². The van der Waals surface area contributed by atoms with Crippen LogP contribution in [0.25, 0.3) is 0 Å². The van der Waals surface area contributed by atoms with Crippen LogP contribution in [0.4, 0.5) is 5.69 Å². The van der Waals surface area contributed by atoms with Gasteiger partial charge in [-0.2, -0.15) is 5.26 Å². The van der Waals surface area contributed by atoms with Crippen LogP contribution in [-0.4, -0.2) is 11.7 Å². The summed E-state index contributed by atoms with van der Waals surface area (Å²) >= 11 is 11.1. The van der Waals surface area contributed by atoms with E-state index in [0.717, 1.165) is 0 Å². The summed E-state index contributed by atoms with van der Waals surface area (Å²) in [6, 6.07) is 4.59. The molecule has 1 aromatic rings. The van der Waals surface area contributed by atoms with Gasteiger partial charge in [0.15, 0.2) is 5.78 Å². The number of nitrogen functional groups attached to an aromatic ring is 1. The van der Waals surface area contributed by atoms with Crippen molar-refractivity contribution in [1.29, 1.82) is 5.26 Å². The van der Waals surface area contributed by atoms with E-state index in [0.29, 0.717) is 0 Å². The van der Waals surface area contributed by atoms with Crippen molar-refractivity contribution in [3.8, 4) is 6.07 Å². The first kappa shape index (κ1) is 10.8. The van der Waals surface area contributed by atoms with E-state index in [4.69, 9.17) is 34.2 Å². The SMILES string of the molecule is N#Cc1cc(Cl)c(C(=O)CCl)cc1N. The minimum atomic E-state index is -0.312. The van der Waals surface area contributed by atoms with E-state index >= 15 is 0 Å². The van der Waals surface area contributed by atoms with E-state index in [1.54, 1.807) is 0 Å². The molecule has 3 nitrogen and oxygen atoms in total. The Balaban J connectivity index is 3.30. The largest absolute Gasteiger partial charge is 0.398 e. The van der Waals surface area contributed by atoms with Crippen LogP contribution in [0, 0.1) is 11.3 Å². The van der Waals surface area contributed by atoms with Crippen molar-refractivity contribution in [3.05, 3.63) is 28.3 Å². The third-order valence-electron chi connectivity index (χ3n) is 1.68. The van der Waals surface area contributed by atoms with Crippen molar-refractivity contribution in [1.82, 2.24) is 0 Å². The molecule has 0 fully saturated rings. The van der Waals surface area contributed by atoms with Gasteiger partial charge in [0.25, 0.3) is 0 Å². The molecule has 0 saturated heterocycles. The highest BCUT2D eigenvalue weighted by atomic mass is 35.5. The number of hydrogen-bond acceptors (Lipinski definition) is 3. The number of rotatable bonds is 2. The number of alkyl halides is 1. The summed E-state index contributed by atoms with van der Waals surface area (Å²) in [6.45, 7) is 0. The molecule has 0 radical (unpaired) electrons. The van der Waals surface area contributed by atoms with E-state index in [9.17, 15) is 4.79 Å². The molecule has 72 valence electrons. The second kappa shape index (κ2) is 4.32. The summed E-state index contributed by atoms with van der Waals surface area (Å²) in [7, 11) is 0. The fourth-order valence-corrected chi connectivity index (χ4v) is 1.39. The summed E-state index contributed by atoms with van der Waals surface area (Å²) in [5.41, 5.74) is 6.24. The van der Waals surface area contributed by atoms with Crippen LogP contribution in [0.5, 0.6) is 0 Å². The number of halogens is 2. The van der Waals surface area contributed by atoms with Gasteiger partial charge < -0.3 is 5.73 Å². The zero-order chi connectivity index (χ0) is 10.7. The minimum absolute atomic E-state index is 0.162. The third-order valence-corrected chi connectivity index (χ3v) is 2.24. The standard InChI is InChI=1S/C9H6Cl2N2O/c10-3-9(14)6-2-8(13)5(4-12)1-7(6)11/h1-2H,3,13H2. The molecule has 0 bridgehead atoms. The maximum atomic E-state index is 11.2. The molecule has 0 saturated carbocycles. The maximum Gasteiger partial charge on any atom is 0.179 e. The Morgan fingerprint density at radius 2 is 2.21 bits per heavy atom. The van der Waals surface area contributed by atoms with Gasteiger partial charge in [0, 0.05) is 5.56 Å². The number of benzene rings is 1. The number of anilines is 1. The fourth-order valence-electron chi connectivity index (χ4n) is 0.972. The van der Waals surface area contributed by atoms with Crippen molar-refractivity contribution < 1.29 is 4.79 Å². The molecule has 1 aromatic carbocycles. The zero-order valence-electron chi connectivity index (χ0n) is 7.05. The van der Waals surface area contributed by atoms with Gasteiger partial charge in [-0.3, -0.25) is 4.79 Å². The van der Waals surface area contributed by atoms with E-state index in [1.165, 1.54) is 12.1 Å². The summed E-state index contributed by atoms with van der Waals surface area (Å²) < 4.78 is 0.